The lowest BCUT2D eigenvalue weighted by atomic mass is 10.2. The Morgan fingerprint density at radius 2 is 2.55 bits per heavy atom. The van der Waals surface area contributed by atoms with E-state index in [0.717, 1.165) is 0 Å². The monoisotopic (exact) mass is 158 g/mol. The van der Waals surface area contributed by atoms with E-state index in [9.17, 15) is 9.59 Å². The minimum atomic E-state index is -0.651. The highest BCUT2D eigenvalue weighted by Crippen LogP contribution is 2.10. The molecule has 0 amide bonds. The zero-order chi connectivity index (χ0) is 8.27. The zero-order valence-electron chi connectivity index (χ0n) is 6.33. The van der Waals surface area contributed by atoms with E-state index >= 15 is 0 Å². The minimum Gasteiger partial charge on any atom is -0.464 e. The molecule has 0 spiro atoms. The highest BCUT2D eigenvalue weighted by molar-refractivity contribution is 5.89. The van der Waals surface area contributed by atoms with Gasteiger partial charge in [-0.1, -0.05) is 0 Å². The highest BCUT2D eigenvalue weighted by Gasteiger charge is 2.30. The Bertz CT molecular complexity index is 175. The van der Waals surface area contributed by atoms with Crippen LogP contribution in [-0.4, -0.2) is 31.1 Å². The fourth-order valence-corrected chi connectivity index (χ4v) is 0.905. The number of carbonyl (C=O) groups is 2. The lowest BCUT2D eigenvalue weighted by molar-refractivity contribution is -0.153. The molecule has 62 valence electrons. The third-order valence-corrected chi connectivity index (χ3v) is 1.41. The van der Waals surface area contributed by atoms with Crippen LogP contribution in [0.25, 0.3) is 0 Å². The fraction of sp³-hybridized carbons (Fsp3) is 0.714. The Labute approximate surface area is 64.5 Å². The third kappa shape index (κ3) is 2.01. The molecular weight excluding hydrogens is 148 g/mol. The van der Waals surface area contributed by atoms with Crippen molar-refractivity contribution in [3.63, 3.8) is 0 Å². The van der Waals surface area contributed by atoms with Crippen molar-refractivity contribution in [2.45, 2.75) is 19.4 Å². The second-order valence-electron chi connectivity index (χ2n) is 2.29. The molecule has 1 aliphatic heterocycles. The molecule has 4 heteroatoms. The average molecular weight is 158 g/mol. The topological polar surface area (TPSA) is 52.6 Å². The van der Waals surface area contributed by atoms with E-state index in [1.165, 1.54) is 0 Å². The van der Waals surface area contributed by atoms with Crippen molar-refractivity contribution in [1.82, 2.24) is 0 Å². The second kappa shape index (κ2) is 3.48. The maximum absolute atomic E-state index is 10.9. The largest absolute Gasteiger partial charge is 0.464 e. The van der Waals surface area contributed by atoms with E-state index in [1.807, 2.05) is 0 Å². The normalized spacial score (nSPS) is 23.7. The summed E-state index contributed by atoms with van der Waals surface area (Å²) in [5.41, 5.74) is 0. The van der Waals surface area contributed by atoms with Crippen LogP contribution in [0.2, 0.25) is 0 Å². The van der Waals surface area contributed by atoms with Gasteiger partial charge in [-0.2, -0.15) is 0 Å². The number of rotatable bonds is 2. The van der Waals surface area contributed by atoms with E-state index in [0.29, 0.717) is 6.61 Å². The van der Waals surface area contributed by atoms with Crippen molar-refractivity contribution in [2.24, 2.45) is 0 Å². The van der Waals surface area contributed by atoms with Crippen molar-refractivity contribution in [3.8, 4) is 0 Å². The van der Waals surface area contributed by atoms with Crippen molar-refractivity contribution in [2.75, 3.05) is 13.2 Å². The van der Waals surface area contributed by atoms with Gasteiger partial charge in [-0.15, -0.1) is 0 Å². The van der Waals surface area contributed by atoms with Gasteiger partial charge in [0.15, 0.2) is 11.9 Å². The second-order valence-corrected chi connectivity index (χ2v) is 2.29. The van der Waals surface area contributed by atoms with Gasteiger partial charge in [0, 0.05) is 6.42 Å². The average Bonchev–Trinajstić information content (AvgIpc) is 2.36. The number of hydrogen-bond acceptors (Lipinski definition) is 4. The molecule has 1 fully saturated rings. The fourth-order valence-electron chi connectivity index (χ4n) is 0.905. The Kier molecular flexibility index (Phi) is 2.59. The van der Waals surface area contributed by atoms with E-state index in [1.54, 1.807) is 6.92 Å². The Hall–Kier alpha value is -0.900. The van der Waals surface area contributed by atoms with E-state index in [4.69, 9.17) is 4.74 Å². The maximum Gasteiger partial charge on any atom is 0.335 e. The molecule has 0 N–H and O–H groups in total. The lowest BCUT2D eigenvalue weighted by Gasteiger charge is -2.05. The zero-order valence-corrected chi connectivity index (χ0v) is 6.33. The smallest absolute Gasteiger partial charge is 0.335 e. The summed E-state index contributed by atoms with van der Waals surface area (Å²) < 4.78 is 9.51. The Balaban J connectivity index is 2.37. The SMILES string of the molecule is CCOC(=O)[C@@H]1CC(=O)CO1. The van der Waals surface area contributed by atoms with E-state index < -0.39 is 12.1 Å². The number of hydrogen-bond donors (Lipinski definition) is 0. The predicted octanol–water partition coefficient (Wildman–Crippen LogP) is -0.0925. The van der Waals surface area contributed by atoms with Gasteiger partial charge in [0.1, 0.15) is 6.61 Å². The van der Waals surface area contributed by atoms with Crippen molar-refractivity contribution in [3.05, 3.63) is 0 Å². The van der Waals surface area contributed by atoms with Gasteiger partial charge in [0.25, 0.3) is 0 Å². The van der Waals surface area contributed by atoms with Gasteiger partial charge in [-0.05, 0) is 6.92 Å². The van der Waals surface area contributed by atoms with Crippen LogP contribution in [0.5, 0.6) is 0 Å². The van der Waals surface area contributed by atoms with Gasteiger partial charge in [0.05, 0.1) is 6.61 Å². The summed E-state index contributed by atoms with van der Waals surface area (Å²) in [6, 6.07) is 0. The summed E-state index contributed by atoms with van der Waals surface area (Å²) in [4.78, 5) is 21.5. The molecule has 0 radical (unpaired) electrons. The number of Topliss-reactive ketones (excluding diaryl/α,β-unsaturated/α-hetero) is 1. The van der Waals surface area contributed by atoms with Crippen LogP contribution in [0.15, 0.2) is 0 Å². The highest BCUT2D eigenvalue weighted by atomic mass is 16.6. The van der Waals surface area contributed by atoms with Crippen molar-refractivity contribution in [1.29, 1.82) is 0 Å². The van der Waals surface area contributed by atoms with E-state index in [2.05, 4.69) is 4.74 Å². The molecule has 1 aliphatic rings. The number of esters is 1. The van der Waals surface area contributed by atoms with Crippen molar-refractivity contribution < 1.29 is 19.1 Å². The van der Waals surface area contributed by atoms with Crippen molar-refractivity contribution >= 4 is 11.8 Å². The summed E-state index contributed by atoms with van der Waals surface area (Å²) in [5.74, 6) is -0.471. The van der Waals surface area contributed by atoms with Crippen LogP contribution in [0.4, 0.5) is 0 Å². The molecule has 4 nitrogen and oxygen atoms in total. The van der Waals surface area contributed by atoms with Gasteiger partial charge in [-0.25, -0.2) is 4.79 Å². The molecule has 1 atom stereocenters. The Morgan fingerprint density at radius 1 is 1.82 bits per heavy atom. The van der Waals surface area contributed by atoms with Crippen LogP contribution in [0, 0.1) is 0 Å². The Morgan fingerprint density at radius 3 is 3.00 bits per heavy atom. The number of ketones is 1. The first kappa shape index (κ1) is 8.20. The molecule has 0 bridgehead atoms. The summed E-state index contributed by atoms with van der Waals surface area (Å²) in [6.45, 7) is 2.09. The molecule has 1 rings (SSSR count). The van der Waals surface area contributed by atoms with Crippen LogP contribution in [-0.2, 0) is 19.1 Å². The van der Waals surface area contributed by atoms with E-state index in [-0.39, 0.29) is 18.8 Å². The summed E-state index contributed by atoms with van der Waals surface area (Å²) >= 11 is 0. The molecule has 0 saturated carbocycles. The van der Waals surface area contributed by atoms with Crippen LogP contribution >= 0.6 is 0 Å². The predicted molar refractivity (Wildman–Crippen MR) is 36.0 cm³/mol. The molecular formula is C7H10O4. The molecule has 0 aromatic rings. The lowest BCUT2D eigenvalue weighted by Crippen LogP contribution is -2.22. The van der Waals surface area contributed by atoms with Gasteiger partial charge >= 0.3 is 5.97 Å². The van der Waals surface area contributed by atoms with Crippen LogP contribution in [0.1, 0.15) is 13.3 Å². The molecule has 0 aromatic carbocycles. The summed E-state index contributed by atoms with van der Waals surface area (Å²) in [7, 11) is 0. The maximum atomic E-state index is 10.9. The van der Waals surface area contributed by atoms with Gasteiger partial charge in [-0.3, -0.25) is 4.79 Å². The molecule has 0 aliphatic carbocycles. The minimum absolute atomic E-state index is 0.0388. The molecule has 0 aromatic heterocycles. The molecule has 1 heterocycles. The summed E-state index contributed by atoms with van der Waals surface area (Å²) in [6.07, 6.45) is -0.485. The third-order valence-electron chi connectivity index (χ3n) is 1.41. The molecule has 1 saturated heterocycles. The van der Waals surface area contributed by atoms with Crippen LogP contribution in [0.3, 0.4) is 0 Å². The van der Waals surface area contributed by atoms with Gasteiger partial charge < -0.3 is 9.47 Å². The number of carbonyl (C=O) groups excluding carboxylic acids is 2. The molecule has 0 unspecified atom stereocenters. The standard InChI is InChI=1S/C7H10O4/c1-2-10-7(9)6-3-5(8)4-11-6/h6H,2-4H2,1H3/t6-/m0/s1. The van der Waals surface area contributed by atoms with Crippen LogP contribution < -0.4 is 0 Å². The summed E-state index contributed by atoms with van der Waals surface area (Å²) in [5, 5.41) is 0. The quantitative estimate of drug-likeness (QED) is 0.527. The first-order valence-corrected chi connectivity index (χ1v) is 3.54. The molecule has 11 heavy (non-hydrogen) atoms. The first-order chi connectivity index (χ1) is 5.24. The first-order valence-electron chi connectivity index (χ1n) is 3.54. The number of ether oxygens (including phenoxy) is 2. The van der Waals surface area contributed by atoms with Gasteiger partial charge in [0.2, 0.25) is 0 Å².